The predicted octanol–water partition coefficient (Wildman–Crippen LogP) is 5.23. The van der Waals surface area contributed by atoms with Crippen molar-refractivity contribution < 1.29 is 19.1 Å². The number of halogens is 1. The molecule has 0 radical (unpaired) electrons. The van der Waals surface area contributed by atoms with Crippen molar-refractivity contribution in [3.05, 3.63) is 82.9 Å². The third-order valence-corrected chi connectivity index (χ3v) is 6.60. The average molecular weight is 567 g/mol. The van der Waals surface area contributed by atoms with Crippen LogP contribution >= 0.6 is 23.8 Å². The lowest BCUT2D eigenvalue weighted by atomic mass is 10.1. The number of hydrogen-bond acceptors (Lipinski definition) is 6. The maximum absolute atomic E-state index is 13.0. The average Bonchev–Trinajstić information content (AvgIpc) is 2.94. The van der Waals surface area contributed by atoms with Gasteiger partial charge in [0.15, 0.2) is 5.11 Å². The molecule has 3 aromatic carbocycles. The molecule has 0 saturated carbocycles. The summed E-state index contributed by atoms with van der Waals surface area (Å²) >= 11 is 11.4. The Hall–Kier alpha value is -3.82. The number of para-hydroxylation sites is 2. The molecule has 0 aromatic heterocycles. The molecule has 39 heavy (non-hydrogen) atoms. The molecule has 0 aliphatic carbocycles. The summed E-state index contributed by atoms with van der Waals surface area (Å²) in [5.74, 6) is 0.711. The molecule has 2 N–H and O–H groups in total. The van der Waals surface area contributed by atoms with Gasteiger partial charge in [-0.2, -0.15) is 0 Å². The van der Waals surface area contributed by atoms with E-state index in [9.17, 15) is 9.59 Å². The minimum atomic E-state index is -0.373. The molecule has 3 aromatic rings. The van der Waals surface area contributed by atoms with Gasteiger partial charge in [-0.15, -0.1) is 0 Å². The fraction of sp³-hybridized carbons (Fsp3) is 0.276. The first kappa shape index (κ1) is 28.2. The van der Waals surface area contributed by atoms with Gasteiger partial charge in [-0.3, -0.25) is 14.9 Å². The van der Waals surface area contributed by atoms with Crippen molar-refractivity contribution in [2.24, 2.45) is 0 Å². The van der Waals surface area contributed by atoms with Crippen LogP contribution in [0.5, 0.6) is 11.5 Å². The first-order valence-corrected chi connectivity index (χ1v) is 13.6. The van der Waals surface area contributed by atoms with E-state index in [1.165, 1.54) is 0 Å². The molecule has 0 unspecified atom stereocenters. The Morgan fingerprint density at radius 1 is 0.872 bits per heavy atom. The summed E-state index contributed by atoms with van der Waals surface area (Å²) in [5, 5.41) is 6.67. The van der Waals surface area contributed by atoms with Gasteiger partial charge in [-0.1, -0.05) is 23.7 Å². The molecule has 1 fully saturated rings. The Morgan fingerprint density at radius 3 is 2.10 bits per heavy atom. The minimum Gasteiger partial charge on any atom is -0.494 e. The van der Waals surface area contributed by atoms with Gasteiger partial charge in [0.25, 0.3) is 11.8 Å². The highest BCUT2D eigenvalue weighted by molar-refractivity contribution is 7.80. The van der Waals surface area contributed by atoms with E-state index in [0.29, 0.717) is 67.0 Å². The number of carbonyl (C=O) groups is 2. The second kappa shape index (κ2) is 13.3. The van der Waals surface area contributed by atoms with Crippen LogP contribution < -0.4 is 25.0 Å². The van der Waals surface area contributed by atoms with Crippen molar-refractivity contribution in [3.8, 4) is 11.5 Å². The van der Waals surface area contributed by atoms with Gasteiger partial charge < -0.3 is 24.6 Å². The van der Waals surface area contributed by atoms with Crippen molar-refractivity contribution in [3.63, 3.8) is 0 Å². The highest BCUT2D eigenvalue weighted by Crippen LogP contribution is 2.27. The third-order valence-electron chi connectivity index (χ3n) is 6.14. The summed E-state index contributed by atoms with van der Waals surface area (Å²) in [7, 11) is 0. The quantitative estimate of drug-likeness (QED) is 0.361. The Kier molecular flexibility index (Phi) is 9.62. The number of amides is 2. The Labute approximate surface area is 238 Å². The van der Waals surface area contributed by atoms with E-state index < -0.39 is 0 Å². The number of thiocarbonyl (C=S) groups is 1. The van der Waals surface area contributed by atoms with E-state index in [4.69, 9.17) is 33.3 Å². The van der Waals surface area contributed by atoms with Crippen LogP contribution in [-0.2, 0) is 0 Å². The lowest BCUT2D eigenvalue weighted by Gasteiger charge is -2.37. The van der Waals surface area contributed by atoms with Crippen LogP contribution in [-0.4, -0.2) is 61.2 Å². The summed E-state index contributed by atoms with van der Waals surface area (Å²) in [6, 6.07) is 19.7. The highest BCUT2D eigenvalue weighted by Gasteiger charge is 2.24. The molecule has 10 heteroatoms. The maximum Gasteiger partial charge on any atom is 0.257 e. The number of ether oxygens (including phenoxy) is 2. The molecule has 4 rings (SSSR count). The number of anilines is 2. The Morgan fingerprint density at radius 2 is 1.49 bits per heavy atom. The molecule has 0 spiro atoms. The second-order valence-electron chi connectivity index (χ2n) is 8.77. The van der Waals surface area contributed by atoms with Gasteiger partial charge in [0, 0.05) is 48.4 Å². The van der Waals surface area contributed by atoms with E-state index in [2.05, 4.69) is 15.5 Å². The number of carbonyl (C=O) groups excluding carboxylic acids is 2. The third kappa shape index (κ3) is 7.40. The number of nitrogens with zero attached hydrogens (tertiary/aromatic N) is 2. The van der Waals surface area contributed by atoms with Crippen molar-refractivity contribution >= 4 is 52.1 Å². The van der Waals surface area contributed by atoms with E-state index in [0.717, 1.165) is 11.4 Å². The summed E-state index contributed by atoms with van der Waals surface area (Å²) in [6.45, 7) is 7.16. The first-order chi connectivity index (χ1) is 18.9. The van der Waals surface area contributed by atoms with Crippen LogP contribution in [0.2, 0.25) is 5.02 Å². The lowest BCUT2D eigenvalue weighted by Crippen LogP contribution is -2.49. The first-order valence-electron chi connectivity index (χ1n) is 12.8. The number of hydrogen-bond donors (Lipinski definition) is 2. The van der Waals surface area contributed by atoms with Crippen molar-refractivity contribution in [2.45, 2.75) is 13.8 Å². The second-order valence-corrected chi connectivity index (χ2v) is 9.62. The monoisotopic (exact) mass is 566 g/mol. The predicted molar refractivity (Wildman–Crippen MR) is 158 cm³/mol. The number of rotatable bonds is 8. The largest absolute Gasteiger partial charge is 0.494 e. The smallest absolute Gasteiger partial charge is 0.257 e. The summed E-state index contributed by atoms with van der Waals surface area (Å²) in [6.07, 6.45) is 0. The number of benzene rings is 3. The SMILES string of the molecule is CCOc1cc(OCC)cc(C(=O)NC(=S)Nc2ccccc2N2CCN(C(=O)c3ccc(Cl)cc3)CC2)c1. The summed E-state index contributed by atoms with van der Waals surface area (Å²) < 4.78 is 11.2. The van der Waals surface area contributed by atoms with Gasteiger partial charge in [0.05, 0.1) is 24.6 Å². The molecule has 2 amide bonds. The molecule has 1 aliphatic rings. The highest BCUT2D eigenvalue weighted by atomic mass is 35.5. The Balaban J connectivity index is 1.39. The van der Waals surface area contributed by atoms with Crippen molar-refractivity contribution in [2.75, 3.05) is 49.6 Å². The fourth-order valence-corrected chi connectivity index (χ4v) is 4.64. The normalized spacial score (nSPS) is 13.0. The van der Waals surface area contributed by atoms with Gasteiger partial charge >= 0.3 is 0 Å². The van der Waals surface area contributed by atoms with Crippen LogP contribution in [0.4, 0.5) is 11.4 Å². The van der Waals surface area contributed by atoms with Crippen LogP contribution in [0, 0.1) is 0 Å². The van der Waals surface area contributed by atoms with Crippen molar-refractivity contribution in [1.29, 1.82) is 0 Å². The molecule has 1 aliphatic heterocycles. The van der Waals surface area contributed by atoms with Crippen LogP contribution in [0.1, 0.15) is 34.6 Å². The topological polar surface area (TPSA) is 83.1 Å². The molecule has 1 saturated heterocycles. The number of piperazine rings is 1. The zero-order valence-electron chi connectivity index (χ0n) is 21.9. The molecule has 0 atom stereocenters. The van der Waals surface area contributed by atoms with Crippen LogP contribution in [0.25, 0.3) is 0 Å². The molecular formula is C29H31ClN4O4S. The van der Waals surface area contributed by atoms with E-state index in [-0.39, 0.29) is 16.9 Å². The Bertz CT molecular complexity index is 1300. The van der Waals surface area contributed by atoms with E-state index in [1.807, 2.05) is 43.0 Å². The molecular weight excluding hydrogens is 536 g/mol. The molecule has 0 bridgehead atoms. The zero-order chi connectivity index (χ0) is 27.8. The molecule has 204 valence electrons. The maximum atomic E-state index is 13.0. The van der Waals surface area contributed by atoms with E-state index in [1.54, 1.807) is 42.5 Å². The molecule has 8 nitrogen and oxygen atoms in total. The van der Waals surface area contributed by atoms with Gasteiger partial charge in [0.1, 0.15) is 11.5 Å². The zero-order valence-corrected chi connectivity index (χ0v) is 23.5. The van der Waals surface area contributed by atoms with Gasteiger partial charge in [-0.05, 0) is 74.6 Å². The van der Waals surface area contributed by atoms with Crippen LogP contribution in [0.15, 0.2) is 66.7 Å². The van der Waals surface area contributed by atoms with Gasteiger partial charge in [0.2, 0.25) is 0 Å². The fourth-order valence-electron chi connectivity index (χ4n) is 4.31. The number of nitrogens with one attached hydrogen (secondary N) is 2. The summed E-state index contributed by atoms with van der Waals surface area (Å²) in [5.41, 5.74) is 2.70. The lowest BCUT2D eigenvalue weighted by molar-refractivity contribution is 0.0746. The summed E-state index contributed by atoms with van der Waals surface area (Å²) in [4.78, 5) is 29.9. The minimum absolute atomic E-state index is 0.0116. The van der Waals surface area contributed by atoms with Gasteiger partial charge in [-0.25, -0.2) is 0 Å². The van der Waals surface area contributed by atoms with Crippen molar-refractivity contribution in [1.82, 2.24) is 10.2 Å². The standard InChI is InChI=1S/C29H31ClN4O4S/c1-3-37-23-17-21(18-24(19-23)38-4-2)27(35)32-29(39)31-25-7-5-6-8-26(25)33-13-15-34(16-14-33)28(36)20-9-11-22(30)12-10-20/h5-12,17-19H,3-4,13-16H2,1-2H3,(H2,31,32,35,39). The molecule has 1 heterocycles. The van der Waals surface area contributed by atoms with Crippen LogP contribution in [0.3, 0.4) is 0 Å². The van der Waals surface area contributed by atoms with E-state index >= 15 is 0 Å².